The lowest BCUT2D eigenvalue weighted by Crippen LogP contribution is -2.38. The second-order valence-corrected chi connectivity index (χ2v) is 10.2. The Bertz CT molecular complexity index is 1740. The van der Waals surface area contributed by atoms with Gasteiger partial charge < -0.3 is 20.8 Å². The molecule has 4 N–H and O–H groups in total. The number of carbonyl (C=O) groups is 2. The molecule has 1 aromatic heterocycles. The SMILES string of the molecule is C=C(N=C/C=C\N)C1(NC(=O)c2cc(-c3ccc4oc(-c5ccc(F)cc5)c(C(=O)NC)c4c3)c(C)cc2C)CC1. The first kappa shape index (κ1) is 27.6. The van der Waals surface area contributed by atoms with Crippen molar-refractivity contribution in [2.24, 2.45) is 10.7 Å². The third kappa shape index (κ3) is 5.28. The summed E-state index contributed by atoms with van der Waals surface area (Å²) in [7, 11) is 1.55. The van der Waals surface area contributed by atoms with Crippen LogP contribution < -0.4 is 16.4 Å². The second-order valence-electron chi connectivity index (χ2n) is 10.2. The molecule has 0 atom stereocenters. The number of halogens is 1. The van der Waals surface area contributed by atoms with Gasteiger partial charge in [0.15, 0.2) is 0 Å². The summed E-state index contributed by atoms with van der Waals surface area (Å²) in [5.74, 6) is -0.546. The molecule has 1 aliphatic carbocycles. The number of allylic oxidation sites excluding steroid dienone is 1. The molecule has 0 spiro atoms. The Kier molecular flexibility index (Phi) is 7.32. The van der Waals surface area contributed by atoms with E-state index in [0.29, 0.717) is 39.1 Å². The van der Waals surface area contributed by atoms with E-state index in [2.05, 4.69) is 22.2 Å². The van der Waals surface area contributed by atoms with E-state index in [9.17, 15) is 14.0 Å². The van der Waals surface area contributed by atoms with E-state index in [-0.39, 0.29) is 17.6 Å². The number of nitrogens with one attached hydrogen (secondary N) is 2. The molecule has 8 heteroatoms. The lowest BCUT2D eigenvalue weighted by Gasteiger charge is -2.19. The average molecular weight is 551 g/mol. The number of amides is 2. The first-order valence-electron chi connectivity index (χ1n) is 13.3. The molecule has 0 unspecified atom stereocenters. The van der Waals surface area contributed by atoms with Gasteiger partial charge in [-0.2, -0.15) is 0 Å². The van der Waals surface area contributed by atoms with E-state index < -0.39 is 5.54 Å². The molecule has 0 saturated heterocycles. The number of hydrogen-bond acceptors (Lipinski definition) is 5. The zero-order valence-electron chi connectivity index (χ0n) is 23.2. The Labute approximate surface area is 237 Å². The van der Waals surface area contributed by atoms with E-state index in [1.807, 2.05) is 38.1 Å². The number of carbonyl (C=O) groups excluding carboxylic acids is 2. The molecule has 1 heterocycles. The maximum atomic E-state index is 13.6. The van der Waals surface area contributed by atoms with Crippen LogP contribution in [0.15, 0.2) is 88.6 Å². The molecule has 5 rings (SSSR count). The minimum Gasteiger partial charge on any atom is -0.455 e. The maximum Gasteiger partial charge on any atom is 0.255 e. The van der Waals surface area contributed by atoms with Gasteiger partial charge >= 0.3 is 0 Å². The summed E-state index contributed by atoms with van der Waals surface area (Å²) in [6.07, 6.45) is 6.07. The van der Waals surface area contributed by atoms with E-state index in [1.165, 1.54) is 18.3 Å². The fourth-order valence-corrected chi connectivity index (χ4v) is 5.03. The molecule has 7 nitrogen and oxygen atoms in total. The molecule has 1 saturated carbocycles. The minimum atomic E-state index is -0.567. The van der Waals surface area contributed by atoms with Crippen molar-refractivity contribution in [3.05, 3.63) is 107 Å². The van der Waals surface area contributed by atoms with Gasteiger partial charge in [-0.15, -0.1) is 0 Å². The van der Waals surface area contributed by atoms with Gasteiger partial charge in [0.1, 0.15) is 17.2 Å². The van der Waals surface area contributed by atoms with Crippen LogP contribution in [0, 0.1) is 19.7 Å². The topological polar surface area (TPSA) is 110 Å². The number of aliphatic imine (C=N–C) groups is 1. The molecule has 41 heavy (non-hydrogen) atoms. The van der Waals surface area contributed by atoms with Crippen molar-refractivity contribution in [3.63, 3.8) is 0 Å². The van der Waals surface area contributed by atoms with Crippen LogP contribution in [-0.4, -0.2) is 30.6 Å². The summed E-state index contributed by atoms with van der Waals surface area (Å²) in [5, 5.41) is 6.43. The molecule has 3 aromatic carbocycles. The van der Waals surface area contributed by atoms with Crippen molar-refractivity contribution in [2.75, 3.05) is 7.05 Å². The monoisotopic (exact) mass is 550 g/mol. The Morgan fingerprint density at radius 3 is 2.39 bits per heavy atom. The normalized spacial score (nSPS) is 14.0. The average Bonchev–Trinajstić information content (AvgIpc) is 3.64. The molecule has 4 aromatic rings. The van der Waals surface area contributed by atoms with Crippen LogP contribution in [-0.2, 0) is 0 Å². The van der Waals surface area contributed by atoms with Crippen molar-refractivity contribution in [3.8, 4) is 22.5 Å². The van der Waals surface area contributed by atoms with Crippen molar-refractivity contribution < 1.29 is 18.4 Å². The third-order valence-corrected chi connectivity index (χ3v) is 7.46. The quantitative estimate of drug-likeness (QED) is 0.227. The molecule has 0 aliphatic heterocycles. The maximum absolute atomic E-state index is 13.6. The van der Waals surface area contributed by atoms with E-state index >= 15 is 0 Å². The smallest absolute Gasteiger partial charge is 0.255 e. The molecule has 208 valence electrons. The van der Waals surface area contributed by atoms with Crippen molar-refractivity contribution in [1.29, 1.82) is 0 Å². The first-order chi connectivity index (χ1) is 19.7. The van der Waals surface area contributed by atoms with Gasteiger partial charge in [-0.3, -0.25) is 14.6 Å². The molecule has 1 fully saturated rings. The van der Waals surface area contributed by atoms with Gasteiger partial charge in [0.05, 0.1) is 16.8 Å². The summed E-state index contributed by atoms with van der Waals surface area (Å²) in [6.45, 7) is 7.94. The van der Waals surface area contributed by atoms with Gasteiger partial charge in [-0.05, 0) is 104 Å². The molecule has 2 amide bonds. The van der Waals surface area contributed by atoms with Gasteiger partial charge in [0, 0.05) is 29.8 Å². The molecular formula is C33H31FN4O3. The largest absolute Gasteiger partial charge is 0.455 e. The van der Waals surface area contributed by atoms with Crippen LogP contribution >= 0.6 is 0 Å². The summed E-state index contributed by atoms with van der Waals surface area (Å²) in [4.78, 5) is 30.8. The zero-order valence-corrected chi connectivity index (χ0v) is 23.2. The summed E-state index contributed by atoms with van der Waals surface area (Å²) >= 11 is 0. The number of nitrogens with two attached hydrogens (primary N) is 1. The van der Waals surface area contributed by atoms with Crippen molar-refractivity contribution >= 4 is 29.0 Å². The fourth-order valence-electron chi connectivity index (χ4n) is 5.03. The predicted octanol–water partition coefficient (Wildman–Crippen LogP) is 6.20. The number of fused-ring (bicyclic) bond motifs is 1. The van der Waals surface area contributed by atoms with Gasteiger partial charge in [0.2, 0.25) is 0 Å². The van der Waals surface area contributed by atoms with Crippen molar-refractivity contribution in [1.82, 2.24) is 10.6 Å². The van der Waals surface area contributed by atoms with E-state index in [0.717, 1.165) is 35.1 Å². The number of aryl methyl sites for hydroxylation is 2. The predicted molar refractivity (Wildman–Crippen MR) is 160 cm³/mol. The standard InChI is InChI=1S/C33H31FN4O3/c1-19-16-20(2)26(31(39)38-33(12-13-33)21(3)37-15-5-14-35)18-25(19)23-8-11-28-27(17-23)29(32(40)36-4)30(41-28)22-6-9-24(34)10-7-22/h5-11,14-18H,3,12-13,35H2,1-2,4H3,(H,36,40)(H,38,39)/b14-5-,37-15?. The number of rotatable bonds is 8. The minimum absolute atomic E-state index is 0.207. The summed E-state index contributed by atoms with van der Waals surface area (Å²) < 4.78 is 19.7. The van der Waals surface area contributed by atoms with Crippen LogP contribution in [0.5, 0.6) is 0 Å². The highest BCUT2D eigenvalue weighted by Gasteiger charge is 2.47. The van der Waals surface area contributed by atoms with Crippen LogP contribution in [0.3, 0.4) is 0 Å². The highest BCUT2D eigenvalue weighted by atomic mass is 19.1. The van der Waals surface area contributed by atoms with Crippen LogP contribution in [0.1, 0.15) is 44.7 Å². The number of benzene rings is 3. The fraction of sp³-hybridized carbons (Fsp3) is 0.182. The lowest BCUT2D eigenvalue weighted by molar-refractivity contribution is 0.0935. The Hall–Kier alpha value is -4.98. The highest BCUT2D eigenvalue weighted by Crippen LogP contribution is 2.42. The molecule has 0 bridgehead atoms. The number of furan rings is 1. The molecule has 1 aliphatic rings. The second kappa shape index (κ2) is 10.9. The van der Waals surface area contributed by atoms with Crippen LogP contribution in [0.4, 0.5) is 4.39 Å². The summed E-state index contributed by atoms with van der Waals surface area (Å²) in [6, 6.07) is 15.3. The zero-order chi connectivity index (χ0) is 29.3. The number of hydrogen-bond donors (Lipinski definition) is 3. The van der Waals surface area contributed by atoms with Gasteiger partial charge in [0.25, 0.3) is 11.8 Å². The Morgan fingerprint density at radius 2 is 1.73 bits per heavy atom. The van der Waals surface area contributed by atoms with Gasteiger partial charge in [-0.1, -0.05) is 18.7 Å². The van der Waals surface area contributed by atoms with Crippen LogP contribution in [0.2, 0.25) is 0 Å². The number of nitrogens with zero attached hydrogens (tertiary/aromatic N) is 1. The third-order valence-electron chi connectivity index (χ3n) is 7.46. The highest BCUT2D eigenvalue weighted by molar-refractivity contribution is 6.12. The van der Waals surface area contributed by atoms with E-state index in [4.69, 9.17) is 10.2 Å². The van der Waals surface area contributed by atoms with Gasteiger partial charge in [-0.25, -0.2) is 4.39 Å². The van der Waals surface area contributed by atoms with Crippen LogP contribution in [0.25, 0.3) is 33.4 Å². The lowest BCUT2D eigenvalue weighted by atomic mass is 9.93. The Morgan fingerprint density at radius 1 is 1.02 bits per heavy atom. The molecular weight excluding hydrogens is 519 g/mol. The van der Waals surface area contributed by atoms with E-state index in [1.54, 1.807) is 37.5 Å². The Balaban J connectivity index is 1.54. The first-order valence-corrected chi connectivity index (χ1v) is 13.3. The summed E-state index contributed by atoms with van der Waals surface area (Å²) in [5.41, 5.74) is 10.9. The van der Waals surface area contributed by atoms with Crippen molar-refractivity contribution in [2.45, 2.75) is 32.2 Å². The molecule has 0 radical (unpaired) electrons.